The first kappa shape index (κ1) is 23.8. The molecule has 1 saturated heterocycles. The minimum Gasteiger partial charge on any atom is -0.335 e. The van der Waals surface area contributed by atoms with Crippen molar-refractivity contribution in [1.29, 1.82) is 0 Å². The molecule has 3 aromatic carbocycles. The van der Waals surface area contributed by atoms with E-state index < -0.39 is 6.04 Å². The Labute approximate surface area is 205 Å². The molecule has 1 heterocycles. The zero-order valence-corrected chi connectivity index (χ0v) is 20.0. The van der Waals surface area contributed by atoms with Crippen molar-refractivity contribution >= 4 is 29.1 Å². The molecule has 0 unspecified atom stereocenters. The Morgan fingerprint density at radius 1 is 0.970 bits per heavy atom. The summed E-state index contributed by atoms with van der Waals surface area (Å²) in [6.45, 7) is 1.35. The zero-order chi connectivity index (χ0) is 23.2. The van der Waals surface area contributed by atoms with Crippen LogP contribution in [-0.2, 0) is 24.1 Å². The molecule has 0 aromatic heterocycles. The number of rotatable bonds is 7. The third kappa shape index (κ3) is 6.36. The smallest absolute Gasteiger partial charge is 0.240 e. The fourth-order valence-corrected chi connectivity index (χ4v) is 4.95. The number of carbonyl (C=O) groups is 1. The average Bonchev–Trinajstić information content (AvgIpc) is 2.82. The fraction of sp³-hybridized carbons (Fsp3) is 0.296. The molecule has 0 bridgehead atoms. The molecular weight excluding hydrogens is 453 g/mol. The molecule has 1 fully saturated rings. The molecule has 0 radical (unpaired) electrons. The molecule has 3 aromatic rings. The van der Waals surface area contributed by atoms with Gasteiger partial charge in [0.25, 0.3) is 0 Å². The van der Waals surface area contributed by atoms with E-state index in [4.69, 9.17) is 28.9 Å². The van der Waals surface area contributed by atoms with E-state index in [0.717, 1.165) is 24.9 Å². The highest BCUT2D eigenvalue weighted by atomic mass is 35.5. The van der Waals surface area contributed by atoms with Crippen LogP contribution in [0.3, 0.4) is 0 Å². The topological polar surface area (TPSA) is 58.4 Å². The van der Waals surface area contributed by atoms with Crippen LogP contribution in [0.1, 0.15) is 16.7 Å². The number of nitrogens with one attached hydrogen (secondary N) is 1. The summed E-state index contributed by atoms with van der Waals surface area (Å²) in [6, 6.07) is 25.5. The molecule has 0 spiro atoms. The predicted octanol–water partition coefficient (Wildman–Crippen LogP) is 4.52. The summed E-state index contributed by atoms with van der Waals surface area (Å²) in [6.07, 6.45) is 2.02. The van der Waals surface area contributed by atoms with Crippen molar-refractivity contribution in [3.63, 3.8) is 0 Å². The number of hydrogen-bond donors (Lipinski definition) is 2. The number of nitrogens with zero attached hydrogens (tertiary/aromatic N) is 1. The number of benzene rings is 3. The van der Waals surface area contributed by atoms with Gasteiger partial charge in [0.2, 0.25) is 5.91 Å². The van der Waals surface area contributed by atoms with Gasteiger partial charge < -0.3 is 16.0 Å². The summed E-state index contributed by atoms with van der Waals surface area (Å²) in [5.74, 6) is -0.0403. The van der Waals surface area contributed by atoms with Crippen LogP contribution in [0.25, 0.3) is 0 Å². The van der Waals surface area contributed by atoms with Gasteiger partial charge >= 0.3 is 0 Å². The van der Waals surface area contributed by atoms with E-state index >= 15 is 0 Å². The van der Waals surface area contributed by atoms with E-state index in [2.05, 4.69) is 29.6 Å². The lowest BCUT2D eigenvalue weighted by atomic mass is 9.96. The Morgan fingerprint density at radius 3 is 2.24 bits per heavy atom. The monoisotopic (exact) mass is 481 g/mol. The molecule has 33 heavy (non-hydrogen) atoms. The highest BCUT2D eigenvalue weighted by molar-refractivity contribution is 6.35. The Kier molecular flexibility index (Phi) is 8.05. The molecule has 1 amide bonds. The number of amides is 1. The molecular formula is C27H29Cl2N3O. The Balaban J connectivity index is 1.50. The molecule has 4 rings (SSSR count). The second-order valence-corrected chi connectivity index (χ2v) is 9.52. The lowest BCUT2D eigenvalue weighted by molar-refractivity contribution is -0.136. The van der Waals surface area contributed by atoms with Gasteiger partial charge in [-0.25, -0.2) is 0 Å². The SMILES string of the molecule is N[C@H](Cc1ccc(Cl)cc1Cl)C(=O)N1C[C@@H](Cc2ccccc2)NC[C@@H]1Cc1ccccc1. The maximum atomic E-state index is 13.6. The van der Waals surface area contributed by atoms with Gasteiger partial charge in [-0.3, -0.25) is 4.79 Å². The zero-order valence-electron chi connectivity index (χ0n) is 18.5. The molecule has 172 valence electrons. The van der Waals surface area contributed by atoms with Crippen LogP contribution in [0.5, 0.6) is 0 Å². The number of piperazine rings is 1. The minimum atomic E-state index is -0.669. The first-order chi connectivity index (χ1) is 16.0. The first-order valence-electron chi connectivity index (χ1n) is 11.3. The number of hydrogen-bond acceptors (Lipinski definition) is 3. The molecule has 0 aliphatic carbocycles. The number of halogens is 2. The summed E-state index contributed by atoms with van der Waals surface area (Å²) < 4.78 is 0. The fourth-order valence-electron chi connectivity index (χ4n) is 4.46. The molecule has 6 heteroatoms. The van der Waals surface area contributed by atoms with Crippen molar-refractivity contribution in [2.45, 2.75) is 37.4 Å². The molecule has 1 aliphatic heterocycles. The van der Waals surface area contributed by atoms with Gasteiger partial charge in [-0.05, 0) is 48.1 Å². The van der Waals surface area contributed by atoms with Crippen LogP contribution in [0.15, 0.2) is 78.9 Å². The molecule has 1 aliphatic rings. The number of carbonyl (C=O) groups excluding carboxylic acids is 1. The van der Waals surface area contributed by atoms with Crippen LogP contribution >= 0.6 is 23.2 Å². The number of nitrogens with two attached hydrogens (primary N) is 1. The van der Waals surface area contributed by atoms with E-state index in [1.54, 1.807) is 12.1 Å². The molecule has 3 N–H and O–H groups in total. The van der Waals surface area contributed by atoms with Crippen LogP contribution in [0.4, 0.5) is 0 Å². The normalized spacial score (nSPS) is 19.3. The van der Waals surface area contributed by atoms with Crippen molar-refractivity contribution in [2.24, 2.45) is 5.73 Å². The summed E-state index contributed by atoms with van der Waals surface area (Å²) in [5, 5.41) is 4.76. The van der Waals surface area contributed by atoms with Gasteiger partial charge in [-0.15, -0.1) is 0 Å². The standard InChI is InChI=1S/C27H29Cl2N3O/c28-22-12-11-21(25(29)16-22)15-26(30)27(33)32-18-23(13-19-7-3-1-4-8-19)31-17-24(32)14-20-9-5-2-6-10-20/h1-12,16,23-24,26,31H,13-15,17-18,30H2/t23-,24+,26-/m1/s1. The molecule has 0 saturated carbocycles. The molecule has 4 nitrogen and oxygen atoms in total. The van der Waals surface area contributed by atoms with E-state index in [1.807, 2.05) is 47.4 Å². The Hall–Kier alpha value is -2.37. The lowest BCUT2D eigenvalue weighted by Gasteiger charge is -2.42. The van der Waals surface area contributed by atoms with Gasteiger partial charge in [0.05, 0.1) is 6.04 Å². The third-order valence-electron chi connectivity index (χ3n) is 6.19. The lowest BCUT2D eigenvalue weighted by Crippen LogP contribution is -2.62. The largest absolute Gasteiger partial charge is 0.335 e. The van der Waals surface area contributed by atoms with E-state index in [1.165, 1.54) is 11.1 Å². The molecule has 3 atom stereocenters. The highest BCUT2D eigenvalue weighted by Gasteiger charge is 2.34. The van der Waals surface area contributed by atoms with E-state index in [0.29, 0.717) is 23.0 Å². The average molecular weight is 482 g/mol. The van der Waals surface area contributed by atoms with Gasteiger partial charge in [-0.1, -0.05) is 89.9 Å². The predicted molar refractivity (Wildman–Crippen MR) is 136 cm³/mol. The van der Waals surface area contributed by atoms with Crippen LogP contribution in [-0.4, -0.2) is 42.0 Å². The van der Waals surface area contributed by atoms with Crippen LogP contribution in [0, 0.1) is 0 Å². The van der Waals surface area contributed by atoms with Gasteiger partial charge in [0.15, 0.2) is 0 Å². The van der Waals surface area contributed by atoms with Crippen molar-refractivity contribution in [1.82, 2.24) is 10.2 Å². The summed E-state index contributed by atoms with van der Waals surface area (Å²) >= 11 is 12.4. The van der Waals surface area contributed by atoms with Crippen molar-refractivity contribution in [3.8, 4) is 0 Å². The second kappa shape index (κ2) is 11.2. The van der Waals surface area contributed by atoms with Gasteiger partial charge in [0.1, 0.15) is 0 Å². The van der Waals surface area contributed by atoms with Gasteiger partial charge in [-0.2, -0.15) is 0 Å². The summed E-state index contributed by atoms with van der Waals surface area (Å²) in [7, 11) is 0. The van der Waals surface area contributed by atoms with Crippen molar-refractivity contribution < 1.29 is 4.79 Å². The summed E-state index contributed by atoms with van der Waals surface area (Å²) in [4.78, 5) is 15.6. The Morgan fingerprint density at radius 2 is 1.61 bits per heavy atom. The highest BCUT2D eigenvalue weighted by Crippen LogP contribution is 2.23. The third-order valence-corrected chi connectivity index (χ3v) is 6.78. The maximum Gasteiger partial charge on any atom is 0.240 e. The van der Waals surface area contributed by atoms with Crippen molar-refractivity contribution in [3.05, 3.63) is 106 Å². The Bertz CT molecular complexity index is 1060. The van der Waals surface area contributed by atoms with Crippen molar-refractivity contribution in [2.75, 3.05) is 13.1 Å². The van der Waals surface area contributed by atoms with E-state index in [9.17, 15) is 4.79 Å². The summed E-state index contributed by atoms with van der Waals surface area (Å²) in [5.41, 5.74) is 9.73. The quantitative estimate of drug-likeness (QED) is 0.521. The first-order valence-corrected chi connectivity index (χ1v) is 12.1. The maximum absolute atomic E-state index is 13.6. The minimum absolute atomic E-state index is 0.0403. The van der Waals surface area contributed by atoms with Gasteiger partial charge in [0, 0.05) is 35.2 Å². The van der Waals surface area contributed by atoms with Crippen LogP contribution in [0.2, 0.25) is 10.0 Å². The second-order valence-electron chi connectivity index (χ2n) is 8.68. The van der Waals surface area contributed by atoms with E-state index in [-0.39, 0.29) is 18.0 Å². The van der Waals surface area contributed by atoms with Crippen LogP contribution < -0.4 is 11.1 Å².